The maximum atomic E-state index is 12.9. The molecule has 0 radical (unpaired) electrons. The number of hydrogen-bond acceptors (Lipinski definition) is 4. The molecule has 0 bridgehead atoms. The van der Waals surface area contributed by atoms with Crippen LogP contribution in [0.3, 0.4) is 0 Å². The lowest BCUT2D eigenvalue weighted by atomic mass is 10.1. The van der Waals surface area contributed by atoms with Crippen LogP contribution in [0, 0.1) is 0 Å². The van der Waals surface area contributed by atoms with Gasteiger partial charge in [-0.3, -0.25) is 9.59 Å². The summed E-state index contributed by atoms with van der Waals surface area (Å²) in [6, 6.07) is 21.5. The van der Waals surface area contributed by atoms with Crippen molar-refractivity contribution in [3.63, 3.8) is 0 Å². The molecule has 0 saturated carbocycles. The highest BCUT2D eigenvalue weighted by atomic mass is 32.1. The molecule has 0 fully saturated rings. The molecule has 4 rings (SSSR count). The topological polar surface area (TPSA) is 64.0 Å². The first-order valence-electron chi connectivity index (χ1n) is 9.99. The predicted molar refractivity (Wildman–Crippen MR) is 122 cm³/mol. The third kappa shape index (κ3) is 4.49. The van der Waals surface area contributed by atoms with Gasteiger partial charge in [-0.05, 0) is 42.8 Å². The normalized spacial score (nSPS) is 12.0. The lowest BCUT2D eigenvalue weighted by Crippen LogP contribution is -2.38. The number of fused-ring (bicyclic) bond motifs is 1. The van der Waals surface area contributed by atoms with Crippen molar-refractivity contribution in [2.24, 2.45) is 0 Å². The van der Waals surface area contributed by atoms with Crippen molar-refractivity contribution in [2.45, 2.75) is 32.4 Å². The molecule has 1 atom stereocenters. The Morgan fingerprint density at radius 2 is 1.77 bits per heavy atom. The summed E-state index contributed by atoms with van der Waals surface area (Å²) in [5.74, 6) is -0.211. The Balaban J connectivity index is 1.51. The number of aromatic nitrogens is 2. The van der Waals surface area contributed by atoms with Crippen molar-refractivity contribution in [3.8, 4) is 10.6 Å². The molecule has 2 aromatic carbocycles. The van der Waals surface area contributed by atoms with E-state index in [-0.39, 0.29) is 24.1 Å². The molecule has 0 aliphatic heterocycles. The van der Waals surface area contributed by atoms with Crippen LogP contribution >= 0.6 is 11.3 Å². The Labute approximate surface area is 179 Å². The third-order valence-corrected chi connectivity index (χ3v) is 5.91. The van der Waals surface area contributed by atoms with E-state index in [1.165, 1.54) is 10.2 Å². The summed E-state index contributed by atoms with van der Waals surface area (Å²) in [6.07, 6.45) is 1.72. The van der Waals surface area contributed by atoms with Crippen molar-refractivity contribution < 1.29 is 4.79 Å². The van der Waals surface area contributed by atoms with Crippen LogP contribution in [0.25, 0.3) is 21.3 Å². The van der Waals surface area contributed by atoms with Crippen molar-refractivity contribution in [2.75, 3.05) is 0 Å². The van der Waals surface area contributed by atoms with Crippen molar-refractivity contribution >= 4 is 28.0 Å². The van der Waals surface area contributed by atoms with Crippen LogP contribution in [0.15, 0.2) is 76.9 Å². The van der Waals surface area contributed by atoms with Gasteiger partial charge in [-0.25, -0.2) is 4.68 Å². The Hall–Kier alpha value is -3.25. The van der Waals surface area contributed by atoms with Crippen LogP contribution in [0.1, 0.15) is 18.9 Å². The molecule has 0 unspecified atom stereocenters. The molecule has 2 aromatic heterocycles. The molecule has 0 aliphatic carbocycles. The second-order valence-electron chi connectivity index (χ2n) is 7.33. The maximum Gasteiger partial charge on any atom is 0.275 e. The predicted octanol–water partition coefficient (Wildman–Crippen LogP) is 4.26. The van der Waals surface area contributed by atoms with Gasteiger partial charge < -0.3 is 5.32 Å². The van der Waals surface area contributed by atoms with E-state index in [9.17, 15) is 9.59 Å². The summed E-state index contributed by atoms with van der Waals surface area (Å²) < 4.78 is 1.27. The van der Waals surface area contributed by atoms with Crippen molar-refractivity contribution in [1.82, 2.24) is 15.1 Å². The number of amides is 1. The minimum Gasteiger partial charge on any atom is -0.352 e. The molecule has 0 spiro atoms. The Kier molecular flexibility index (Phi) is 6.05. The molecule has 4 aromatic rings. The van der Waals surface area contributed by atoms with Gasteiger partial charge in [0.25, 0.3) is 5.56 Å². The lowest BCUT2D eigenvalue weighted by molar-refractivity contribution is -0.122. The summed E-state index contributed by atoms with van der Waals surface area (Å²) in [4.78, 5) is 26.5. The van der Waals surface area contributed by atoms with E-state index in [1.807, 2.05) is 60.8 Å². The molecule has 0 saturated heterocycles. The van der Waals surface area contributed by atoms with E-state index in [2.05, 4.69) is 22.5 Å². The fourth-order valence-electron chi connectivity index (χ4n) is 3.49. The molecule has 1 N–H and O–H groups in total. The number of carbonyl (C=O) groups is 1. The first kappa shape index (κ1) is 20.0. The second-order valence-corrected chi connectivity index (χ2v) is 8.27. The van der Waals surface area contributed by atoms with Crippen LogP contribution in [0.2, 0.25) is 0 Å². The number of thiophene rings is 1. The average Bonchev–Trinajstić information content (AvgIpc) is 3.30. The van der Waals surface area contributed by atoms with Gasteiger partial charge >= 0.3 is 0 Å². The highest BCUT2D eigenvalue weighted by Crippen LogP contribution is 2.28. The maximum absolute atomic E-state index is 12.9. The minimum absolute atomic E-state index is 0.00521. The number of nitrogens with zero attached hydrogens (tertiary/aromatic N) is 2. The number of benzene rings is 2. The third-order valence-electron chi connectivity index (χ3n) is 5.03. The standard InChI is InChI=1S/C24H23N3O2S/c1-17(13-14-18-8-3-2-4-9-18)25-22(28)16-27-24(29)20-11-6-5-10-19(20)23(26-27)21-12-7-15-30-21/h2-12,15,17H,13-14,16H2,1H3,(H,25,28)/t17-/m1/s1. The number of hydrogen-bond donors (Lipinski definition) is 1. The van der Waals surface area contributed by atoms with Gasteiger partial charge in [-0.2, -0.15) is 5.10 Å². The van der Waals surface area contributed by atoms with E-state index < -0.39 is 0 Å². The van der Waals surface area contributed by atoms with Crippen molar-refractivity contribution in [3.05, 3.63) is 88.0 Å². The van der Waals surface area contributed by atoms with E-state index in [0.717, 1.165) is 28.8 Å². The molecule has 30 heavy (non-hydrogen) atoms. The molecular weight excluding hydrogens is 394 g/mol. The molecule has 5 nitrogen and oxygen atoms in total. The summed E-state index contributed by atoms with van der Waals surface area (Å²) in [5.41, 5.74) is 1.72. The van der Waals surface area contributed by atoms with Gasteiger partial charge in [-0.1, -0.05) is 54.6 Å². The average molecular weight is 418 g/mol. The Morgan fingerprint density at radius 1 is 1.03 bits per heavy atom. The van der Waals surface area contributed by atoms with Gasteiger partial charge in [0.2, 0.25) is 5.91 Å². The summed E-state index contributed by atoms with van der Waals surface area (Å²) in [6.45, 7) is 1.88. The highest BCUT2D eigenvalue weighted by molar-refractivity contribution is 7.13. The van der Waals surface area contributed by atoms with Crippen LogP contribution < -0.4 is 10.9 Å². The molecule has 6 heteroatoms. The summed E-state index contributed by atoms with van der Waals surface area (Å²) >= 11 is 1.56. The van der Waals surface area contributed by atoms with Crippen LogP contribution in [-0.2, 0) is 17.8 Å². The smallest absolute Gasteiger partial charge is 0.275 e. The molecule has 0 aliphatic rings. The number of aryl methyl sites for hydroxylation is 1. The SMILES string of the molecule is C[C@H](CCc1ccccc1)NC(=O)Cn1nc(-c2cccs2)c2ccccc2c1=O. The summed E-state index contributed by atoms with van der Waals surface area (Å²) in [5, 5.41) is 10.9. The molecule has 1 amide bonds. The second kappa shape index (κ2) is 9.05. The zero-order valence-corrected chi connectivity index (χ0v) is 17.6. The molecule has 152 valence electrons. The largest absolute Gasteiger partial charge is 0.352 e. The number of carbonyl (C=O) groups excluding carboxylic acids is 1. The summed E-state index contributed by atoms with van der Waals surface area (Å²) in [7, 11) is 0. The van der Waals surface area contributed by atoms with E-state index in [0.29, 0.717) is 5.39 Å². The van der Waals surface area contributed by atoms with Gasteiger partial charge in [-0.15, -0.1) is 11.3 Å². The highest BCUT2D eigenvalue weighted by Gasteiger charge is 2.15. The number of nitrogens with one attached hydrogen (secondary N) is 1. The zero-order chi connectivity index (χ0) is 20.9. The Morgan fingerprint density at radius 3 is 2.50 bits per heavy atom. The van der Waals surface area contributed by atoms with Crippen LogP contribution in [0.5, 0.6) is 0 Å². The fraction of sp³-hybridized carbons (Fsp3) is 0.208. The van der Waals surface area contributed by atoms with Crippen LogP contribution in [0.4, 0.5) is 0 Å². The van der Waals surface area contributed by atoms with Gasteiger partial charge in [0.15, 0.2) is 0 Å². The molecule has 2 heterocycles. The van der Waals surface area contributed by atoms with Crippen molar-refractivity contribution in [1.29, 1.82) is 0 Å². The monoisotopic (exact) mass is 417 g/mol. The van der Waals surface area contributed by atoms with Gasteiger partial charge in [0.05, 0.1) is 10.3 Å². The lowest BCUT2D eigenvalue weighted by Gasteiger charge is -2.15. The fourth-order valence-corrected chi connectivity index (χ4v) is 4.22. The van der Waals surface area contributed by atoms with Gasteiger partial charge in [0.1, 0.15) is 12.2 Å². The van der Waals surface area contributed by atoms with Gasteiger partial charge in [0, 0.05) is 11.4 Å². The molecular formula is C24H23N3O2S. The van der Waals surface area contributed by atoms with E-state index in [4.69, 9.17) is 0 Å². The van der Waals surface area contributed by atoms with E-state index >= 15 is 0 Å². The van der Waals surface area contributed by atoms with E-state index in [1.54, 1.807) is 17.4 Å². The van der Waals surface area contributed by atoms with Crippen LogP contribution in [-0.4, -0.2) is 21.7 Å². The minimum atomic E-state index is -0.252. The first-order chi connectivity index (χ1) is 14.6. The Bertz CT molecular complexity index is 1200. The number of rotatable bonds is 7. The quantitative estimate of drug-likeness (QED) is 0.489. The zero-order valence-electron chi connectivity index (χ0n) is 16.7. The first-order valence-corrected chi connectivity index (χ1v) is 10.9.